The van der Waals surface area contributed by atoms with Crippen LogP contribution in [0.25, 0.3) is 11.3 Å². The molecule has 0 aliphatic rings. The summed E-state index contributed by atoms with van der Waals surface area (Å²) in [7, 11) is 1.72. The van der Waals surface area contributed by atoms with Crippen molar-refractivity contribution in [3.05, 3.63) is 35.8 Å². The van der Waals surface area contributed by atoms with Gasteiger partial charge in [0.25, 0.3) is 0 Å². The Morgan fingerprint density at radius 2 is 2.00 bits per heavy atom. The maximum Gasteiger partial charge on any atom is 0.138 e. The van der Waals surface area contributed by atoms with E-state index in [2.05, 4.69) is 16.2 Å². The van der Waals surface area contributed by atoms with Gasteiger partial charge in [-0.3, -0.25) is 0 Å². The topological polar surface area (TPSA) is 30.7 Å². The third kappa shape index (κ3) is 1.59. The van der Waals surface area contributed by atoms with E-state index in [1.807, 2.05) is 0 Å². The molecule has 0 atom stereocenters. The van der Waals surface area contributed by atoms with Crippen LogP contribution in [0.1, 0.15) is 5.69 Å². The smallest absolute Gasteiger partial charge is 0.138 e. The zero-order valence-corrected chi connectivity index (χ0v) is 8.11. The minimum Gasteiger partial charge on any atom is -0.239 e. The van der Waals surface area contributed by atoms with Gasteiger partial charge in [0.05, 0.1) is 0 Å². The molecule has 2 aromatic rings. The molecule has 0 bridgehead atoms. The van der Waals surface area contributed by atoms with E-state index in [-0.39, 0.29) is 5.82 Å². The standard InChI is InChI=1S/C11H8FN3/c1-3-10-11(13-14-15(10)2)8-4-6-9(12)7-5-8/h1,4-7H,2H3. The first kappa shape index (κ1) is 9.41. The van der Waals surface area contributed by atoms with E-state index in [0.717, 1.165) is 5.56 Å². The Balaban J connectivity index is 2.55. The fourth-order valence-electron chi connectivity index (χ4n) is 1.32. The van der Waals surface area contributed by atoms with Crippen molar-refractivity contribution in [2.45, 2.75) is 0 Å². The summed E-state index contributed by atoms with van der Waals surface area (Å²) in [5.41, 5.74) is 1.94. The number of hydrogen-bond acceptors (Lipinski definition) is 2. The predicted octanol–water partition coefficient (Wildman–Crippen LogP) is 1.60. The van der Waals surface area contributed by atoms with Crippen molar-refractivity contribution in [2.75, 3.05) is 0 Å². The molecule has 0 amide bonds. The SMILES string of the molecule is C#Cc1c(-c2ccc(F)cc2)nnn1C. The zero-order valence-electron chi connectivity index (χ0n) is 8.11. The lowest BCUT2D eigenvalue weighted by Crippen LogP contribution is -1.94. The molecule has 0 fully saturated rings. The Hall–Kier alpha value is -2.15. The summed E-state index contributed by atoms with van der Waals surface area (Å²) in [5, 5.41) is 7.75. The molecule has 2 rings (SSSR count). The van der Waals surface area contributed by atoms with Crippen molar-refractivity contribution >= 4 is 0 Å². The first-order valence-electron chi connectivity index (χ1n) is 4.34. The maximum absolute atomic E-state index is 12.7. The summed E-state index contributed by atoms with van der Waals surface area (Å²) >= 11 is 0. The second-order valence-corrected chi connectivity index (χ2v) is 3.06. The predicted molar refractivity (Wildman–Crippen MR) is 54.3 cm³/mol. The van der Waals surface area contributed by atoms with E-state index < -0.39 is 0 Å². The van der Waals surface area contributed by atoms with E-state index in [1.165, 1.54) is 16.8 Å². The number of terminal acetylenes is 1. The lowest BCUT2D eigenvalue weighted by atomic mass is 10.1. The van der Waals surface area contributed by atoms with Gasteiger partial charge >= 0.3 is 0 Å². The number of nitrogens with zero attached hydrogens (tertiary/aromatic N) is 3. The highest BCUT2D eigenvalue weighted by molar-refractivity contribution is 5.64. The number of aromatic nitrogens is 3. The van der Waals surface area contributed by atoms with Crippen LogP contribution in [0.5, 0.6) is 0 Å². The Morgan fingerprint density at radius 1 is 1.33 bits per heavy atom. The summed E-state index contributed by atoms with van der Waals surface area (Å²) < 4.78 is 14.2. The van der Waals surface area contributed by atoms with Crippen LogP contribution in [0.3, 0.4) is 0 Å². The van der Waals surface area contributed by atoms with E-state index >= 15 is 0 Å². The van der Waals surface area contributed by atoms with Crippen LogP contribution in [-0.2, 0) is 7.05 Å². The average Bonchev–Trinajstić information content (AvgIpc) is 2.61. The fourth-order valence-corrected chi connectivity index (χ4v) is 1.32. The van der Waals surface area contributed by atoms with E-state index in [0.29, 0.717) is 11.4 Å². The molecule has 0 radical (unpaired) electrons. The Labute approximate surface area is 86.5 Å². The quantitative estimate of drug-likeness (QED) is 0.656. The number of aryl methyl sites for hydroxylation is 1. The lowest BCUT2D eigenvalue weighted by molar-refractivity contribution is 0.628. The van der Waals surface area contributed by atoms with Crippen LogP contribution in [0.2, 0.25) is 0 Å². The van der Waals surface area contributed by atoms with E-state index in [9.17, 15) is 4.39 Å². The second-order valence-electron chi connectivity index (χ2n) is 3.06. The molecule has 4 heteroatoms. The summed E-state index contributed by atoms with van der Waals surface area (Å²) in [6.45, 7) is 0. The summed E-state index contributed by atoms with van der Waals surface area (Å²) in [5.74, 6) is 2.21. The molecule has 0 aliphatic carbocycles. The van der Waals surface area contributed by atoms with Gasteiger partial charge in [0.1, 0.15) is 17.2 Å². The third-order valence-corrected chi connectivity index (χ3v) is 2.08. The molecule has 1 aromatic carbocycles. The van der Waals surface area contributed by atoms with Crippen molar-refractivity contribution in [2.24, 2.45) is 7.05 Å². The van der Waals surface area contributed by atoms with Crippen molar-refractivity contribution in [3.8, 4) is 23.6 Å². The normalized spacial score (nSPS) is 9.93. The van der Waals surface area contributed by atoms with Gasteiger partial charge in [-0.2, -0.15) is 0 Å². The summed E-state index contributed by atoms with van der Waals surface area (Å²) in [4.78, 5) is 0. The van der Waals surface area contributed by atoms with Crippen molar-refractivity contribution in [3.63, 3.8) is 0 Å². The largest absolute Gasteiger partial charge is 0.239 e. The van der Waals surface area contributed by atoms with Crippen LogP contribution in [0.15, 0.2) is 24.3 Å². The van der Waals surface area contributed by atoms with Crippen LogP contribution in [0, 0.1) is 18.2 Å². The van der Waals surface area contributed by atoms with Gasteiger partial charge < -0.3 is 0 Å². The van der Waals surface area contributed by atoms with Gasteiger partial charge in [0.2, 0.25) is 0 Å². The Kier molecular flexibility index (Phi) is 2.22. The van der Waals surface area contributed by atoms with E-state index in [4.69, 9.17) is 6.42 Å². The molecule has 1 heterocycles. The van der Waals surface area contributed by atoms with Crippen molar-refractivity contribution in [1.82, 2.24) is 15.0 Å². The number of hydrogen-bond donors (Lipinski definition) is 0. The summed E-state index contributed by atoms with van der Waals surface area (Å²) in [6.07, 6.45) is 5.34. The first-order chi connectivity index (χ1) is 7.22. The molecular weight excluding hydrogens is 193 g/mol. The molecular formula is C11H8FN3. The molecule has 0 saturated carbocycles. The molecule has 1 aromatic heterocycles. The lowest BCUT2D eigenvalue weighted by Gasteiger charge is -1.97. The van der Waals surface area contributed by atoms with E-state index in [1.54, 1.807) is 19.2 Å². The first-order valence-corrected chi connectivity index (χ1v) is 4.34. The Morgan fingerprint density at radius 3 is 2.60 bits per heavy atom. The highest BCUT2D eigenvalue weighted by Crippen LogP contribution is 2.19. The molecule has 0 spiro atoms. The molecule has 74 valence electrons. The molecule has 3 nitrogen and oxygen atoms in total. The van der Waals surface area contributed by atoms with Gasteiger partial charge in [-0.25, -0.2) is 9.07 Å². The van der Waals surface area contributed by atoms with Crippen LogP contribution in [0.4, 0.5) is 4.39 Å². The average molecular weight is 201 g/mol. The number of benzene rings is 1. The molecule has 0 N–H and O–H groups in total. The van der Waals surface area contributed by atoms with Gasteiger partial charge in [-0.1, -0.05) is 5.21 Å². The number of halogens is 1. The molecule has 0 aliphatic heterocycles. The highest BCUT2D eigenvalue weighted by atomic mass is 19.1. The number of rotatable bonds is 1. The van der Waals surface area contributed by atoms with Gasteiger partial charge in [0, 0.05) is 12.6 Å². The van der Waals surface area contributed by atoms with Gasteiger partial charge in [-0.15, -0.1) is 11.5 Å². The maximum atomic E-state index is 12.7. The van der Waals surface area contributed by atoms with Gasteiger partial charge in [-0.05, 0) is 30.2 Å². The third-order valence-electron chi connectivity index (χ3n) is 2.08. The second kappa shape index (κ2) is 3.54. The molecule has 0 unspecified atom stereocenters. The monoisotopic (exact) mass is 201 g/mol. The van der Waals surface area contributed by atoms with Crippen LogP contribution in [-0.4, -0.2) is 15.0 Å². The fraction of sp³-hybridized carbons (Fsp3) is 0.0909. The van der Waals surface area contributed by atoms with Crippen molar-refractivity contribution < 1.29 is 4.39 Å². The molecule has 15 heavy (non-hydrogen) atoms. The van der Waals surface area contributed by atoms with Crippen molar-refractivity contribution in [1.29, 1.82) is 0 Å². The molecule has 0 saturated heterocycles. The minimum atomic E-state index is -0.287. The zero-order chi connectivity index (χ0) is 10.8. The Bertz CT molecular complexity index is 520. The summed E-state index contributed by atoms with van der Waals surface area (Å²) in [6, 6.07) is 5.98. The van der Waals surface area contributed by atoms with Crippen LogP contribution >= 0.6 is 0 Å². The van der Waals surface area contributed by atoms with Gasteiger partial charge in [0.15, 0.2) is 0 Å². The minimum absolute atomic E-state index is 0.287. The highest BCUT2D eigenvalue weighted by Gasteiger charge is 2.10. The van der Waals surface area contributed by atoms with Crippen LogP contribution < -0.4 is 0 Å².